The number of nitrogens with zero attached hydrogens (tertiary/aromatic N) is 2. The fourth-order valence-electron chi connectivity index (χ4n) is 3.09. The molecular formula is C17H29N3. The van der Waals surface area contributed by atoms with Crippen LogP contribution in [0.1, 0.15) is 58.4 Å². The fourth-order valence-corrected chi connectivity index (χ4v) is 3.09. The van der Waals surface area contributed by atoms with Crippen LogP contribution in [0, 0.1) is 0 Å². The number of hydrogen-bond acceptors (Lipinski definition) is 3. The lowest BCUT2D eigenvalue weighted by molar-refractivity contribution is 0.433. The number of hydrogen-bond donors (Lipinski definition) is 1. The van der Waals surface area contributed by atoms with E-state index in [1.165, 1.54) is 49.9 Å². The van der Waals surface area contributed by atoms with Gasteiger partial charge < -0.3 is 10.2 Å². The Kier molecular flexibility index (Phi) is 5.84. The summed E-state index contributed by atoms with van der Waals surface area (Å²) < 4.78 is 0. The number of pyridine rings is 1. The van der Waals surface area contributed by atoms with Crippen molar-refractivity contribution in [2.45, 2.75) is 71.5 Å². The molecule has 2 heterocycles. The van der Waals surface area contributed by atoms with Crippen LogP contribution in [0.4, 0.5) is 5.69 Å². The lowest BCUT2D eigenvalue weighted by Crippen LogP contribution is -2.40. The van der Waals surface area contributed by atoms with Gasteiger partial charge in [-0.3, -0.25) is 4.98 Å². The summed E-state index contributed by atoms with van der Waals surface area (Å²) in [5, 5.41) is 3.53. The molecular weight excluding hydrogens is 246 g/mol. The Morgan fingerprint density at radius 1 is 1.40 bits per heavy atom. The Morgan fingerprint density at radius 2 is 2.25 bits per heavy atom. The van der Waals surface area contributed by atoms with Crippen molar-refractivity contribution < 1.29 is 0 Å². The third kappa shape index (κ3) is 3.95. The first-order valence-corrected chi connectivity index (χ1v) is 8.15. The first kappa shape index (κ1) is 15.3. The van der Waals surface area contributed by atoms with Crippen LogP contribution in [-0.2, 0) is 6.54 Å². The fraction of sp³-hybridized carbons (Fsp3) is 0.706. The topological polar surface area (TPSA) is 28.2 Å². The monoisotopic (exact) mass is 275 g/mol. The van der Waals surface area contributed by atoms with Crippen LogP contribution in [0.15, 0.2) is 18.5 Å². The molecule has 1 fully saturated rings. The SMILES string of the molecule is CCCC1CCCCN1c1cnccc1CNC(C)C. The first-order valence-electron chi connectivity index (χ1n) is 8.15. The van der Waals surface area contributed by atoms with Crippen LogP contribution in [0.3, 0.4) is 0 Å². The van der Waals surface area contributed by atoms with Gasteiger partial charge in [0.15, 0.2) is 0 Å². The molecule has 1 unspecified atom stereocenters. The van der Waals surface area contributed by atoms with Gasteiger partial charge in [0.25, 0.3) is 0 Å². The van der Waals surface area contributed by atoms with E-state index in [0.717, 1.165) is 6.54 Å². The second-order valence-corrected chi connectivity index (χ2v) is 6.17. The van der Waals surface area contributed by atoms with Gasteiger partial charge in [0, 0.05) is 31.4 Å². The van der Waals surface area contributed by atoms with Gasteiger partial charge in [-0.05, 0) is 37.3 Å². The van der Waals surface area contributed by atoms with Crippen molar-refractivity contribution in [1.82, 2.24) is 10.3 Å². The van der Waals surface area contributed by atoms with Crippen LogP contribution in [0.25, 0.3) is 0 Å². The molecule has 0 spiro atoms. The van der Waals surface area contributed by atoms with Crippen molar-refractivity contribution in [2.24, 2.45) is 0 Å². The minimum atomic E-state index is 0.517. The van der Waals surface area contributed by atoms with Gasteiger partial charge in [0.2, 0.25) is 0 Å². The Balaban J connectivity index is 2.16. The zero-order valence-electron chi connectivity index (χ0n) is 13.2. The van der Waals surface area contributed by atoms with Crippen molar-refractivity contribution in [3.63, 3.8) is 0 Å². The van der Waals surface area contributed by atoms with Gasteiger partial charge in [0.1, 0.15) is 0 Å². The van der Waals surface area contributed by atoms with E-state index in [2.05, 4.69) is 48.2 Å². The maximum absolute atomic E-state index is 4.37. The molecule has 1 aromatic heterocycles. The van der Waals surface area contributed by atoms with Crippen molar-refractivity contribution in [1.29, 1.82) is 0 Å². The molecule has 3 heteroatoms. The van der Waals surface area contributed by atoms with Crippen molar-refractivity contribution in [3.8, 4) is 0 Å². The lowest BCUT2D eigenvalue weighted by atomic mass is 9.97. The first-order chi connectivity index (χ1) is 9.72. The molecule has 0 saturated carbocycles. The zero-order valence-corrected chi connectivity index (χ0v) is 13.2. The number of aromatic nitrogens is 1. The Hall–Kier alpha value is -1.09. The van der Waals surface area contributed by atoms with Crippen LogP contribution in [0.2, 0.25) is 0 Å². The zero-order chi connectivity index (χ0) is 14.4. The molecule has 1 aromatic rings. The van der Waals surface area contributed by atoms with Crippen molar-refractivity contribution in [2.75, 3.05) is 11.4 Å². The van der Waals surface area contributed by atoms with E-state index in [1.807, 2.05) is 6.20 Å². The Morgan fingerprint density at radius 3 is 3.00 bits per heavy atom. The summed E-state index contributed by atoms with van der Waals surface area (Å²) >= 11 is 0. The third-order valence-corrected chi connectivity index (χ3v) is 4.15. The van der Waals surface area contributed by atoms with E-state index < -0.39 is 0 Å². The Labute approximate surface area is 123 Å². The number of rotatable bonds is 6. The second kappa shape index (κ2) is 7.63. The van der Waals surface area contributed by atoms with E-state index >= 15 is 0 Å². The highest BCUT2D eigenvalue weighted by Crippen LogP contribution is 2.29. The number of piperidine rings is 1. The van der Waals surface area contributed by atoms with Gasteiger partial charge in [-0.25, -0.2) is 0 Å². The maximum atomic E-state index is 4.37. The van der Waals surface area contributed by atoms with Gasteiger partial charge in [-0.15, -0.1) is 0 Å². The highest BCUT2D eigenvalue weighted by atomic mass is 15.2. The molecule has 3 nitrogen and oxygen atoms in total. The maximum Gasteiger partial charge on any atom is 0.0600 e. The molecule has 20 heavy (non-hydrogen) atoms. The molecule has 0 radical (unpaired) electrons. The highest BCUT2D eigenvalue weighted by molar-refractivity contribution is 5.53. The smallest absolute Gasteiger partial charge is 0.0600 e. The minimum absolute atomic E-state index is 0.517. The van der Waals surface area contributed by atoms with Crippen molar-refractivity contribution >= 4 is 5.69 Å². The van der Waals surface area contributed by atoms with Gasteiger partial charge in [-0.2, -0.15) is 0 Å². The van der Waals surface area contributed by atoms with E-state index in [9.17, 15) is 0 Å². The molecule has 2 rings (SSSR count). The summed E-state index contributed by atoms with van der Waals surface area (Å²) in [5.41, 5.74) is 2.73. The van der Waals surface area contributed by atoms with Crippen LogP contribution >= 0.6 is 0 Å². The molecule has 1 aliphatic rings. The largest absolute Gasteiger partial charge is 0.367 e. The third-order valence-electron chi connectivity index (χ3n) is 4.15. The summed E-state index contributed by atoms with van der Waals surface area (Å²) in [7, 11) is 0. The van der Waals surface area contributed by atoms with Crippen LogP contribution in [0.5, 0.6) is 0 Å². The predicted molar refractivity (Wildman–Crippen MR) is 86.1 cm³/mol. The summed E-state index contributed by atoms with van der Waals surface area (Å²) in [4.78, 5) is 6.98. The summed E-state index contributed by atoms with van der Waals surface area (Å²) in [5.74, 6) is 0. The van der Waals surface area contributed by atoms with Gasteiger partial charge in [0.05, 0.1) is 11.9 Å². The second-order valence-electron chi connectivity index (χ2n) is 6.17. The van der Waals surface area contributed by atoms with Crippen molar-refractivity contribution in [3.05, 3.63) is 24.0 Å². The average Bonchev–Trinajstić information content (AvgIpc) is 2.46. The Bertz CT molecular complexity index is 401. The molecule has 0 aromatic carbocycles. The van der Waals surface area contributed by atoms with Crippen LogP contribution < -0.4 is 10.2 Å². The normalized spacial score (nSPS) is 19.6. The standard InChI is InChI=1S/C17H29N3/c1-4-7-16-8-5-6-11-20(16)17-13-18-10-9-15(17)12-19-14(2)3/h9-10,13-14,16,19H,4-8,11-12H2,1-3H3. The molecule has 1 saturated heterocycles. The summed E-state index contributed by atoms with van der Waals surface area (Å²) in [6.07, 6.45) is 10.6. The summed E-state index contributed by atoms with van der Waals surface area (Å²) in [6.45, 7) is 8.80. The van der Waals surface area contributed by atoms with E-state index in [0.29, 0.717) is 12.1 Å². The minimum Gasteiger partial charge on any atom is -0.367 e. The van der Waals surface area contributed by atoms with Gasteiger partial charge in [-0.1, -0.05) is 27.2 Å². The average molecular weight is 275 g/mol. The predicted octanol–water partition coefficient (Wildman–Crippen LogP) is 3.74. The van der Waals surface area contributed by atoms with E-state index in [4.69, 9.17) is 0 Å². The van der Waals surface area contributed by atoms with Gasteiger partial charge >= 0.3 is 0 Å². The highest BCUT2D eigenvalue weighted by Gasteiger charge is 2.23. The number of anilines is 1. The van der Waals surface area contributed by atoms with E-state index in [1.54, 1.807) is 0 Å². The number of nitrogens with one attached hydrogen (secondary N) is 1. The molecule has 1 N–H and O–H groups in total. The molecule has 112 valence electrons. The summed E-state index contributed by atoms with van der Waals surface area (Å²) in [6, 6.07) is 3.39. The lowest BCUT2D eigenvalue weighted by Gasteiger charge is -2.38. The molecule has 1 atom stereocenters. The van der Waals surface area contributed by atoms with Crippen LogP contribution in [-0.4, -0.2) is 23.6 Å². The molecule has 1 aliphatic heterocycles. The molecule has 0 bridgehead atoms. The quantitative estimate of drug-likeness (QED) is 0.857. The van der Waals surface area contributed by atoms with E-state index in [-0.39, 0.29) is 0 Å². The molecule has 0 aliphatic carbocycles. The molecule has 0 amide bonds.